The van der Waals surface area contributed by atoms with Crippen molar-refractivity contribution < 1.29 is 9.90 Å². The van der Waals surface area contributed by atoms with Crippen molar-refractivity contribution in [3.8, 4) is 0 Å². The molecule has 1 aromatic rings. The molecule has 1 aliphatic carbocycles. The first-order valence-corrected chi connectivity index (χ1v) is 5.12. The van der Waals surface area contributed by atoms with Crippen molar-refractivity contribution in [3.63, 3.8) is 0 Å². The zero-order chi connectivity index (χ0) is 10.9. The number of aromatic amines is 1. The van der Waals surface area contributed by atoms with Gasteiger partial charge in [-0.1, -0.05) is 0 Å². The Morgan fingerprint density at radius 3 is 3.20 bits per heavy atom. The number of fused-ring (bicyclic) bond motifs is 1. The molecule has 0 aliphatic heterocycles. The maximum Gasteiger partial charge on any atom is 0.304 e. The molecule has 5 nitrogen and oxygen atoms in total. The largest absolute Gasteiger partial charge is 0.481 e. The molecular formula is C10H15N3O2. The van der Waals surface area contributed by atoms with Crippen molar-refractivity contribution >= 4 is 5.97 Å². The van der Waals surface area contributed by atoms with Gasteiger partial charge in [0, 0.05) is 17.7 Å². The maximum atomic E-state index is 10.9. The van der Waals surface area contributed by atoms with E-state index in [0.29, 0.717) is 6.54 Å². The average Bonchev–Trinajstić information content (AvgIpc) is 2.66. The van der Waals surface area contributed by atoms with Gasteiger partial charge in [-0.25, -0.2) is 0 Å². The molecule has 5 heteroatoms. The lowest BCUT2D eigenvalue weighted by molar-refractivity contribution is -0.138. The number of carbonyl (C=O) groups is 1. The smallest absolute Gasteiger partial charge is 0.304 e. The molecule has 1 aromatic heterocycles. The number of aliphatic carboxylic acids is 1. The SMILES string of the molecule is NCC1(CC(=O)O)CCCc2cn[nH]c21. The van der Waals surface area contributed by atoms with Crippen LogP contribution in [0, 0.1) is 0 Å². The molecule has 1 heterocycles. The molecule has 0 aromatic carbocycles. The minimum Gasteiger partial charge on any atom is -0.481 e. The van der Waals surface area contributed by atoms with Crippen LogP contribution >= 0.6 is 0 Å². The van der Waals surface area contributed by atoms with Gasteiger partial charge in [-0.15, -0.1) is 0 Å². The lowest BCUT2D eigenvalue weighted by atomic mass is 9.71. The van der Waals surface area contributed by atoms with E-state index in [-0.39, 0.29) is 6.42 Å². The van der Waals surface area contributed by atoms with Crippen molar-refractivity contribution in [1.82, 2.24) is 10.2 Å². The molecule has 1 atom stereocenters. The number of nitrogens with one attached hydrogen (secondary N) is 1. The van der Waals surface area contributed by atoms with E-state index in [1.807, 2.05) is 0 Å². The minimum absolute atomic E-state index is 0.0820. The average molecular weight is 209 g/mol. The Morgan fingerprint density at radius 1 is 1.73 bits per heavy atom. The van der Waals surface area contributed by atoms with Gasteiger partial charge in [0.1, 0.15) is 0 Å². The van der Waals surface area contributed by atoms with Crippen LogP contribution in [0.5, 0.6) is 0 Å². The van der Waals surface area contributed by atoms with Crippen LogP contribution in [-0.4, -0.2) is 27.8 Å². The Morgan fingerprint density at radius 2 is 2.53 bits per heavy atom. The Kier molecular flexibility index (Phi) is 2.48. The van der Waals surface area contributed by atoms with E-state index in [1.54, 1.807) is 6.20 Å². The van der Waals surface area contributed by atoms with E-state index in [9.17, 15) is 4.79 Å². The number of rotatable bonds is 3. The lowest BCUT2D eigenvalue weighted by Crippen LogP contribution is -2.40. The first-order chi connectivity index (χ1) is 7.18. The number of nitrogens with zero attached hydrogens (tertiary/aromatic N) is 1. The highest BCUT2D eigenvalue weighted by Crippen LogP contribution is 2.37. The highest BCUT2D eigenvalue weighted by atomic mass is 16.4. The van der Waals surface area contributed by atoms with E-state index in [4.69, 9.17) is 10.8 Å². The van der Waals surface area contributed by atoms with Gasteiger partial charge in [0.15, 0.2) is 0 Å². The summed E-state index contributed by atoms with van der Waals surface area (Å²) in [4.78, 5) is 10.9. The number of H-pyrrole nitrogens is 1. The third kappa shape index (κ3) is 1.63. The second kappa shape index (κ2) is 3.66. The third-order valence-corrected chi connectivity index (χ3v) is 3.23. The van der Waals surface area contributed by atoms with Gasteiger partial charge in [0.2, 0.25) is 0 Å². The van der Waals surface area contributed by atoms with Crippen LogP contribution in [0.1, 0.15) is 30.5 Å². The zero-order valence-corrected chi connectivity index (χ0v) is 8.49. The summed E-state index contributed by atoms with van der Waals surface area (Å²) >= 11 is 0. The normalized spacial score (nSPS) is 24.9. The van der Waals surface area contributed by atoms with Gasteiger partial charge < -0.3 is 10.8 Å². The van der Waals surface area contributed by atoms with E-state index in [0.717, 1.165) is 30.5 Å². The van der Waals surface area contributed by atoms with Gasteiger partial charge in [-0.3, -0.25) is 9.89 Å². The molecule has 0 amide bonds. The van der Waals surface area contributed by atoms with Crippen LogP contribution < -0.4 is 5.73 Å². The fourth-order valence-electron chi connectivity index (χ4n) is 2.44. The fraction of sp³-hybridized carbons (Fsp3) is 0.600. The molecule has 2 rings (SSSR count). The van der Waals surface area contributed by atoms with Crippen LogP contribution in [0.25, 0.3) is 0 Å². The first-order valence-electron chi connectivity index (χ1n) is 5.12. The minimum atomic E-state index is -0.803. The van der Waals surface area contributed by atoms with Gasteiger partial charge in [-0.05, 0) is 24.8 Å². The molecule has 0 fully saturated rings. The molecule has 15 heavy (non-hydrogen) atoms. The first kappa shape index (κ1) is 10.2. The van der Waals surface area contributed by atoms with E-state index in [2.05, 4.69) is 10.2 Å². The van der Waals surface area contributed by atoms with E-state index in [1.165, 1.54) is 0 Å². The summed E-state index contributed by atoms with van der Waals surface area (Å²) in [6.07, 6.45) is 4.63. The topological polar surface area (TPSA) is 92.0 Å². The molecule has 0 saturated heterocycles. The van der Waals surface area contributed by atoms with Gasteiger partial charge in [0.05, 0.1) is 12.6 Å². The number of nitrogens with two attached hydrogens (primary N) is 1. The van der Waals surface area contributed by atoms with Gasteiger partial charge in [0.25, 0.3) is 0 Å². The number of carboxylic acids is 1. The van der Waals surface area contributed by atoms with Crippen LogP contribution in [0.4, 0.5) is 0 Å². The van der Waals surface area contributed by atoms with Gasteiger partial charge in [-0.2, -0.15) is 5.10 Å². The molecule has 1 unspecified atom stereocenters. The molecule has 0 spiro atoms. The summed E-state index contributed by atoms with van der Waals surface area (Å²) in [6, 6.07) is 0. The van der Waals surface area contributed by atoms with Crippen molar-refractivity contribution in [1.29, 1.82) is 0 Å². The van der Waals surface area contributed by atoms with Crippen molar-refractivity contribution in [2.75, 3.05) is 6.54 Å². The number of carboxylic acid groups (broad SMARTS) is 1. The summed E-state index contributed by atoms with van der Waals surface area (Å²) in [7, 11) is 0. The summed E-state index contributed by atoms with van der Waals surface area (Å²) in [5, 5.41) is 15.8. The van der Waals surface area contributed by atoms with Crippen LogP contribution in [-0.2, 0) is 16.6 Å². The summed E-state index contributed by atoms with van der Waals surface area (Å²) in [6.45, 7) is 0.356. The van der Waals surface area contributed by atoms with E-state index < -0.39 is 11.4 Å². The van der Waals surface area contributed by atoms with Crippen LogP contribution in [0.15, 0.2) is 6.20 Å². The molecular weight excluding hydrogens is 194 g/mol. The highest BCUT2D eigenvalue weighted by Gasteiger charge is 2.38. The molecule has 82 valence electrons. The Balaban J connectivity index is 2.39. The van der Waals surface area contributed by atoms with Crippen LogP contribution in [0.2, 0.25) is 0 Å². The molecule has 4 N–H and O–H groups in total. The number of aryl methyl sites for hydroxylation is 1. The van der Waals surface area contributed by atoms with E-state index >= 15 is 0 Å². The fourth-order valence-corrected chi connectivity index (χ4v) is 2.44. The molecule has 0 radical (unpaired) electrons. The lowest BCUT2D eigenvalue weighted by Gasteiger charge is -2.34. The Hall–Kier alpha value is -1.36. The maximum absolute atomic E-state index is 10.9. The molecule has 0 bridgehead atoms. The zero-order valence-electron chi connectivity index (χ0n) is 8.49. The third-order valence-electron chi connectivity index (χ3n) is 3.23. The number of hydrogen-bond acceptors (Lipinski definition) is 3. The predicted molar refractivity (Wildman–Crippen MR) is 54.5 cm³/mol. The standard InChI is InChI=1S/C10H15N3O2/c11-6-10(4-8(14)15)3-1-2-7-5-12-13-9(7)10/h5H,1-4,6,11H2,(H,12,13)(H,14,15). The van der Waals surface area contributed by atoms with Crippen molar-refractivity contribution in [3.05, 3.63) is 17.5 Å². The Bertz CT molecular complexity index is 374. The number of hydrogen-bond donors (Lipinski definition) is 3. The predicted octanol–water partition coefficient (Wildman–Crippen LogP) is 0.417. The summed E-state index contributed by atoms with van der Waals surface area (Å²) < 4.78 is 0. The van der Waals surface area contributed by atoms with Gasteiger partial charge >= 0.3 is 5.97 Å². The van der Waals surface area contributed by atoms with Crippen molar-refractivity contribution in [2.45, 2.75) is 31.1 Å². The monoisotopic (exact) mass is 209 g/mol. The highest BCUT2D eigenvalue weighted by molar-refractivity contribution is 5.69. The summed E-state index contributed by atoms with van der Waals surface area (Å²) in [5.74, 6) is -0.803. The van der Waals surface area contributed by atoms with Crippen molar-refractivity contribution in [2.24, 2.45) is 5.73 Å². The molecule has 1 aliphatic rings. The number of aromatic nitrogens is 2. The molecule has 0 saturated carbocycles. The quantitative estimate of drug-likeness (QED) is 0.672. The second-order valence-corrected chi connectivity index (χ2v) is 4.18. The van der Waals surface area contributed by atoms with Crippen LogP contribution in [0.3, 0.4) is 0 Å². The summed E-state index contributed by atoms with van der Waals surface area (Å²) in [5.41, 5.74) is 7.36. The second-order valence-electron chi connectivity index (χ2n) is 4.18. The Labute approximate surface area is 87.7 Å².